The predicted octanol–water partition coefficient (Wildman–Crippen LogP) is 4.49. The second kappa shape index (κ2) is 5.94. The highest BCUT2D eigenvalue weighted by molar-refractivity contribution is 6.05. The first-order valence-electron chi connectivity index (χ1n) is 8.05. The lowest BCUT2D eigenvalue weighted by Gasteiger charge is -2.06. The topological polar surface area (TPSA) is 60.1 Å². The number of aromatic nitrogens is 2. The van der Waals surface area contributed by atoms with Crippen molar-refractivity contribution in [2.24, 2.45) is 0 Å². The number of carbonyl (C=O) groups is 1. The summed E-state index contributed by atoms with van der Waals surface area (Å²) < 4.78 is 7.46. The minimum absolute atomic E-state index is 0.282. The Morgan fingerprint density at radius 3 is 2.52 bits per heavy atom. The maximum atomic E-state index is 12.6. The molecule has 0 unspecified atom stereocenters. The molecule has 2 heterocycles. The largest absolute Gasteiger partial charge is 0.451 e. The molecule has 5 heteroatoms. The second-order valence-electron chi connectivity index (χ2n) is 5.90. The van der Waals surface area contributed by atoms with Crippen LogP contribution in [-0.2, 0) is 0 Å². The van der Waals surface area contributed by atoms with Crippen molar-refractivity contribution in [2.45, 2.75) is 13.8 Å². The molecule has 0 spiro atoms. The number of aryl methyl sites for hydroxylation is 1. The van der Waals surface area contributed by atoms with E-state index in [2.05, 4.69) is 10.4 Å². The first-order valence-corrected chi connectivity index (χ1v) is 8.05. The number of rotatable bonds is 3. The summed E-state index contributed by atoms with van der Waals surface area (Å²) >= 11 is 0. The molecule has 0 saturated carbocycles. The number of hydrogen-bond acceptors (Lipinski definition) is 3. The maximum Gasteiger partial charge on any atom is 0.291 e. The third kappa shape index (κ3) is 2.70. The molecule has 2 aromatic carbocycles. The van der Waals surface area contributed by atoms with Gasteiger partial charge >= 0.3 is 0 Å². The Labute approximate surface area is 144 Å². The molecule has 4 aromatic rings. The Kier molecular flexibility index (Phi) is 3.61. The van der Waals surface area contributed by atoms with E-state index in [0.29, 0.717) is 11.3 Å². The first-order chi connectivity index (χ1) is 12.1. The van der Waals surface area contributed by atoms with Gasteiger partial charge in [-0.25, -0.2) is 4.68 Å². The summed E-state index contributed by atoms with van der Waals surface area (Å²) in [5, 5.41) is 8.37. The number of para-hydroxylation sites is 2. The molecule has 124 valence electrons. The van der Waals surface area contributed by atoms with Crippen LogP contribution in [0.3, 0.4) is 0 Å². The van der Waals surface area contributed by atoms with Crippen molar-refractivity contribution in [3.05, 3.63) is 77.8 Å². The van der Waals surface area contributed by atoms with Gasteiger partial charge < -0.3 is 9.73 Å². The lowest BCUT2D eigenvalue weighted by atomic mass is 10.2. The van der Waals surface area contributed by atoms with E-state index in [9.17, 15) is 4.79 Å². The molecular weight excluding hydrogens is 314 g/mol. The Morgan fingerprint density at radius 2 is 1.76 bits per heavy atom. The Balaban J connectivity index is 1.66. The van der Waals surface area contributed by atoms with Gasteiger partial charge in [0.2, 0.25) is 0 Å². The first kappa shape index (κ1) is 15.2. The van der Waals surface area contributed by atoms with Crippen LogP contribution in [0.25, 0.3) is 16.7 Å². The van der Waals surface area contributed by atoms with E-state index < -0.39 is 0 Å². The highest BCUT2D eigenvalue weighted by atomic mass is 16.3. The standard InChI is InChI=1S/C20H17N3O2/c1-13-19(14(2)23(22-13)16-9-4-3-5-10-16)21-20(24)18-12-15-8-6-7-11-17(15)25-18/h3-12H,1-2H3,(H,21,24). The van der Waals surface area contributed by atoms with Crippen LogP contribution in [0.1, 0.15) is 21.9 Å². The molecule has 0 saturated heterocycles. The summed E-state index contributed by atoms with van der Waals surface area (Å²) in [6.07, 6.45) is 0. The van der Waals surface area contributed by atoms with Crippen molar-refractivity contribution in [2.75, 3.05) is 5.32 Å². The predicted molar refractivity (Wildman–Crippen MR) is 97.2 cm³/mol. The fourth-order valence-corrected chi connectivity index (χ4v) is 2.91. The lowest BCUT2D eigenvalue weighted by Crippen LogP contribution is -2.12. The summed E-state index contributed by atoms with van der Waals surface area (Å²) in [4.78, 5) is 12.6. The number of nitrogens with zero attached hydrogens (tertiary/aromatic N) is 2. The van der Waals surface area contributed by atoms with Crippen LogP contribution in [0, 0.1) is 13.8 Å². The van der Waals surface area contributed by atoms with Crippen LogP contribution < -0.4 is 5.32 Å². The Bertz CT molecular complexity index is 1030. The zero-order valence-electron chi connectivity index (χ0n) is 14.0. The van der Waals surface area contributed by atoms with Gasteiger partial charge in [-0.3, -0.25) is 4.79 Å². The lowest BCUT2D eigenvalue weighted by molar-refractivity contribution is 0.0998. The van der Waals surface area contributed by atoms with Gasteiger partial charge in [0, 0.05) is 5.39 Å². The van der Waals surface area contributed by atoms with Crippen molar-refractivity contribution in [3.63, 3.8) is 0 Å². The third-order valence-corrected chi connectivity index (χ3v) is 4.18. The van der Waals surface area contributed by atoms with Gasteiger partial charge in [-0.05, 0) is 38.1 Å². The second-order valence-corrected chi connectivity index (χ2v) is 5.90. The zero-order chi connectivity index (χ0) is 17.4. The summed E-state index contributed by atoms with van der Waals surface area (Å²) in [6.45, 7) is 3.81. The number of nitrogens with one attached hydrogen (secondary N) is 1. The molecule has 0 aliphatic carbocycles. The van der Waals surface area contributed by atoms with E-state index in [1.807, 2.05) is 73.1 Å². The summed E-state index contributed by atoms with van der Waals surface area (Å²) in [6, 6.07) is 19.1. The molecule has 0 radical (unpaired) electrons. The van der Waals surface area contributed by atoms with Crippen LogP contribution in [0.2, 0.25) is 0 Å². The minimum atomic E-state index is -0.282. The summed E-state index contributed by atoms with van der Waals surface area (Å²) in [5.41, 5.74) is 3.97. The number of amides is 1. The molecule has 2 aromatic heterocycles. The summed E-state index contributed by atoms with van der Waals surface area (Å²) in [5.74, 6) is 0.00229. The number of fused-ring (bicyclic) bond motifs is 1. The van der Waals surface area contributed by atoms with Crippen molar-refractivity contribution >= 4 is 22.6 Å². The smallest absolute Gasteiger partial charge is 0.291 e. The van der Waals surface area contributed by atoms with Gasteiger partial charge in [0.15, 0.2) is 5.76 Å². The SMILES string of the molecule is Cc1nn(-c2ccccc2)c(C)c1NC(=O)c1cc2ccccc2o1. The average Bonchev–Trinajstić information content (AvgIpc) is 3.19. The van der Waals surface area contributed by atoms with E-state index in [1.165, 1.54) is 0 Å². The molecule has 0 aliphatic rings. The summed E-state index contributed by atoms with van der Waals surface area (Å²) in [7, 11) is 0. The van der Waals surface area contributed by atoms with Crippen LogP contribution in [0.5, 0.6) is 0 Å². The fourth-order valence-electron chi connectivity index (χ4n) is 2.91. The van der Waals surface area contributed by atoms with E-state index in [4.69, 9.17) is 4.42 Å². The fraction of sp³-hybridized carbons (Fsp3) is 0.100. The van der Waals surface area contributed by atoms with Gasteiger partial charge in [-0.1, -0.05) is 36.4 Å². The van der Waals surface area contributed by atoms with Crippen LogP contribution in [0.4, 0.5) is 5.69 Å². The van der Waals surface area contributed by atoms with Gasteiger partial charge in [0.1, 0.15) is 5.58 Å². The number of furan rings is 1. The molecular formula is C20H17N3O2. The monoisotopic (exact) mass is 331 g/mol. The van der Waals surface area contributed by atoms with Crippen molar-refractivity contribution in [3.8, 4) is 5.69 Å². The van der Waals surface area contributed by atoms with Crippen LogP contribution in [0.15, 0.2) is 65.1 Å². The molecule has 1 amide bonds. The third-order valence-electron chi connectivity index (χ3n) is 4.18. The van der Waals surface area contributed by atoms with E-state index in [-0.39, 0.29) is 11.7 Å². The molecule has 0 fully saturated rings. The molecule has 0 bridgehead atoms. The van der Waals surface area contributed by atoms with Crippen molar-refractivity contribution in [1.29, 1.82) is 0 Å². The molecule has 0 aliphatic heterocycles. The normalized spacial score (nSPS) is 11.0. The van der Waals surface area contributed by atoms with E-state index in [0.717, 1.165) is 22.5 Å². The van der Waals surface area contributed by atoms with E-state index in [1.54, 1.807) is 6.07 Å². The average molecular weight is 331 g/mol. The van der Waals surface area contributed by atoms with Crippen molar-refractivity contribution in [1.82, 2.24) is 9.78 Å². The maximum absolute atomic E-state index is 12.6. The van der Waals surface area contributed by atoms with Crippen LogP contribution in [-0.4, -0.2) is 15.7 Å². The minimum Gasteiger partial charge on any atom is -0.451 e. The quantitative estimate of drug-likeness (QED) is 0.602. The van der Waals surface area contributed by atoms with Gasteiger partial charge in [0.05, 0.1) is 22.8 Å². The number of hydrogen-bond donors (Lipinski definition) is 1. The number of benzene rings is 2. The molecule has 0 atom stereocenters. The molecule has 5 nitrogen and oxygen atoms in total. The number of carbonyl (C=O) groups excluding carboxylic acids is 1. The highest BCUT2D eigenvalue weighted by Crippen LogP contribution is 2.25. The van der Waals surface area contributed by atoms with Crippen molar-refractivity contribution < 1.29 is 9.21 Å². The van der Waals surface area contributed by atoms with Gasteiger partial charge in [0.25, 0.3) is 5.91 Å². The highest BCUT2D eigenvalue weighted by Gasteiger charge is 2.18. The van der Waals surface area contributed by atoms with Crippen LogP contribution >= 0.6 is 0 Å². The Morgan fingerprint density at radius 1 is 1.04 bits per heavy atom. The molecule has 4 rings (SSSR count). The van der Waals surface area contributed by atoms with E-state index >= 15 is 0 Å². The number of anilines is 1. The van der Waals surface area contributed by atoms with Gasteiger partial charge in [-0.15, -0.1) is 0 Å². The molecule has 25 heavy (non-hydrogen) atoms. The molecule has 1 N–H and O–H groups in total. The zero-order valence-corrected chi connectivity index (χ0v) is 14.0. The Hall–Kier alpha value is -3.34. The van der Waals surface area contributed by atoms with Gasteiger partial charge in [-0.2, -0.15) is 5.10 Å².